The summed E-state index contributed by atoms with van der Waals surface area (Å²) in [7, 11) is 0. The Balaban J connectivity index is 2.15. The minimum absolute atomic E-state index is 0.335. The first kappa shape index (κ1) is 9.66. The normalized spacial score (nSPS) is 28.4. The van der Waals surface area contributed by atoms with Gasteiger partial charge in [-0.05, 0) is 24.5 Å². The molecule has 0 radical (unpaired) electrons. The highest BCUT2D eigenvalue weighted by Gasteiger charge is 2.21. The summed E-state index contributed by atoms with van der Waals surface area (Å²) in [6, 6.07) is 4.50. The van der Waals surface area contributed by atoms with E-state index < -0.39 is 0 Å². The van der Waals surface area contributed by atoms with Gasteiger partial charge in [-0.1, -0.05) is 25.3 Å². The summed E-state index contributed by atoms with van der Waals surface area (Å²) in [6.45, 7) is 0. The molecule has 2 N–H and O–H groups in total. The topological polar surface area (TPSA) is 38.9 Å². The van der Waals surface area contributed by atoms with Crippen molar-refractivity contribution in [2.45, 2.75) is 44.1 Å². The van der Waals surface area contributed by atoms with Crippen LogP contribution in [-0.4, -0.2) is 11.0 Å². The van der Waals surface area contributed by atoms with Crippen LogP contribution in [0.1, 0.15) is 43.6 Å². The summed E-state index contributed by atoms with van der Waals surface area (Å²) < 4.78 is 0. The summed E-state index contributed by atoms with van der Waals surface area (Å²) in [5, 5.41) is 0. The average molecular weight is 190 g/mol. The standard InChI is InChI=1S/C12H18N2/c13-12-7-3-1-2-6-11(12)10-5-4-8-14-9-10/h4-5,8-9,11-12H,1-3,6-7,13H2. The first-order chi connectivity index (χ1) is 6.88. The minimum Gasteiger partial charge on any atom is -0.327 e. The van der Waals surface area contributed by atoms with Crippen molar-refractivity contribution in [2.24, 2.45) is 5.73 Å². The van der Waals surface area contributed by atoms with E-state index in [1.54, 1.807) is 0 Å². The number of hydrogen-bond donors (Lipinski definition) is 1. The molecule has 1 aromatic rings. The van der Waals surface area contributed by atoms with Gasteiger partial charge in [0.2, 0.25) is 0 Å². The zero-order valence-corrected chi connectivity index (χ0v) is 8.52. The molecule has 2 rings (SSSR count). The molecular formula is C12H18N2. The maximum Gasteiger partial charge on any atom is 0.0303 e. The summed E-state index contributed by atoms with van der Waals surface area (Å²) in [5.41, 5.74) is 7.50. The zero-order valence-electron chi connectivity index (χ0n) is 8.52. The maximum absolute atomic E-state index is 6.18. The highest BCUT2D eigenvalue weighted by molar-refractivity contribution is 5.17. The Hall–Kier alpha value is -0.890. The van der Waals surface area contributed by atoms with Crippen molar-refractivity contribution in [3.05, 3.63) is 30.1 Å². The third-order valence-corrected chi connectivity index (χ3v) is 3.18. The Labute approximate surface area is 85.5 Å². The van der Waals surface area contributed by atoms with Gasteiger partial charge >= 0.3 is 0 Å². The quantitative estimate of drug-likeness (QED) is 0.691. The number of nitrogens with zero attached hydrogens (tertiary/aromatic N) is 1. The number of pyridine rings is 1. The lowest BCUT2D eigenvalue weighted by molar-refractivity contribution is 0.504. The van der Waals surface area contributed by atoms with Crippen molar-refractivity contribution in [1.82, 2.24) is 4.98 Å². The van der Waals surface area contributed by atoms with E-state index in [-0.39, 0.29) is 0 Å². The minimum atomic E-state index is 0.335. The Morgan fingerprint density at radius 1 is 1.21 bits per heavy atom. The van der Waals surface area contributed by atoms with Gasteiger partial charge in [0.05, 0.1) is 0 Å². The van der Waals surface area contributed by atoms with Crippen LogP contribution in [0.2, 0.25) is 0 Å². The van der Waals surface area contributed by atoms with Gasteiger partial charge < -0.3 is 5.73 Å². The van der Waals surface area contributed by atoms with E-state index in [1.165, 1.54) is 37.7 Å². The van der Waals surface area contributed by atoms with E-state index >= 15 is 0 Å². The molecule has 1 fully saturated rings. The highest BCUT2D eigenvalue weighted by Crippen LogP contribution is 2.30. The van der Waals surface area contributed by atoms with E-state index in [0.29, 0.717) is 12.0 Å². The monoisotopic (exact) mass is 190 g/mol. The summed E-state index contributed by atoms with van der Waals surface area (Å²) in [6.07, 6.45) is 10.1. The summed E-state index contributed by atoms with van der Waals surface area (Å²) in [4.78, 5) is 4.17. The van der Waals surface area contributed by atoms with Crippen LogP contribution in [0, 0.1) is 0 Å². The first-order valence-corrected chi connectivity index (χ1v) is 5.53. The lowest BCUT2D eigenvalue weighted by atomic mass is 9.89. The van der Waals surface area contributed by atoms with Gasteiger partial charge in [0.15, 0.2) is 0 Å². The van der Waals surface area contributed by atoms with E-state index in [4.69, 9.17) is 5.73 Å². The summed E-state index contributed by atoms with van der Waals surface area (Å²) >= 11 is 0. The van der Waals surface area contributed by atoms with Crippen molar-refractivity contribution in [3.8, 4) is 0 Å². The first-order valence-electron chi connectivity index (χ1n) is 5.53. The lowest BCUT2D eigenvalue weighted by Gasteiger charge is -2.21. The van der Waals surface area contributed by atoms with Crippen LogP contribution >= 0.6 is 0 Å². The molecule has 76 valence electrons. The van der Waals surface area contributed by atoms with Crippen molar-refractivity contribution >= 4 is 0 Å². The predicted molar refractivity (Wildman–Crippen MR) is 58.0 cm³/mol. The van der Waals surface area contributed by atoms with Gasteiger partial charge in [0.25, 0.3) is 0 Å². The van der Waals surface area contributed by atoms with Crippen molar-refractivity contribution in [3.63, 3.8) is 0 Å². The van der Waals surface area contributed by atoms with E-state index in [1.807, 2.05) is 18.5 Å². The molecule has 1 aliphatic rings. The number of aromatic nitrogens is 1. The van der Waals surface area contributed by atoms with Crippen molar-refractivity contribution in [2.75, 3.05) is 0 Å². The third-order valence-electron chi connectivity index (χ3n) is 3.18. The predicted octanol–water partition coefficient (Wildman–Crippen LogP) is 2.46. The Morgan fingerprint density at radius 2 is 2.07 bits per heavy atom. The Morgan fingerprint density at radius 3 is 2.86 bits per heavy atom. The molecule has 0 amide bonds. The van der Waals surface area contributed by atoms with Gasteiger partial charge in [-0.15, -0.1) is 0 Å². The fourth-order valence-corrected chi connectivity index (χ4v) is 2.35. The fourth-order valence-electron chi connectivity index (χ4n) is 2.35. The van der Waals surface area contributed by atoms with Crippen LogP contribution in [0.25, 0.3) is 0 Å². The smallest absolute Gasteiger partial charge is 0.0303 e. The Bertz CT molecular complexity index is 271. The molecule has 0 spiro atoms. The number of nitrogens with two attached hydrogens (primary N) is 1. The number of hydrogen-bond acceptors (Lipinski definition) is 2. The molecule has 2 unspecified atom stereocenters. The highest BCUT2D eigenvalue weighted by atomic mass is 14.7. The van der Waals surface area contributed by atoms with Gasteiger partial charge in [0.1, 0.15) is 0 Å². The average Bonchev–Trinajstić information content (AvgIpc) is 2.44. The SMILES string of the molecule is NC1CCCCCC1c1cccnc1. The molecule has 1 saturated carbocycles. The molecule has 2 atom stereocenters. The molecule has 0 saturated heterocycles. The second kappa shape index (κ2) is 4.56. The molecule has 14 heavy (non-hydrogen) atoms. The van der Waals surface area contributed by atoms with Gasteiger partial charge in [0, 0.05) is 24.4 Å². The van der Waals surface area contributed by atoms with Crippen LogP contribution in [0.3, 0.4) is 0 Å². The molecule has 1 aliphatic carbocycles. The fraction of sp³-hybridized carbons (Fsp3) is 0.583. The largest absolute Gasteiger partial charge is 0.327 e. The van der Waals surface area contributed by atoms with Crippen LogP contribution in [0.5, 0.6) is 0 Å². The second-order valence-corrected chi connectivity index (χ2v) is 4.19. The van der Waals surface area contributed by atoms with Crippen LogP contribution in [-0.2, 0) is 0 Å². The lowest BCUT2D eigenvalue weighted by Crippen LogP contribution is -2.27. The van der Waals surface area contributed by atoms with Crippen LogP contribution < -0.4 is 5.73 Å². The van der Waals surface area contributed by atoms with Gasteiger partial charge in [-0.3, -0.25) is 4.98 Å². The number of rotatable bonds is 1. The van der Waals surface area contributed by atoms with Crippen LogP contribution in [0.15, 0.2) is 24.5 Å². The van der Waals surface area contributed by atoms with E-state index in [9.17, 15) is 0 Å². The second-order valence-electron chi connectivity index (χ2n) is 4.19. The molecule has 2 heteroatoms. The molecule has 0 bridgehead atoms. The summed E-state index contributed by atoms with van der Waals surface area (Å²) in [5.74, 6) is 0.534. The third kappa shape index (κ3) is 2.13. The van der Waals surface area contributed by atoms with Crippen molar-refractivity contribution in [1.29, 1.82) is 0 Å². The van der Waals surface area contributed by atoms with E-state index in [0.717, 1.165) is 0 Å². The maximum atomic E-state index is 6.18. The van der Waals surface area contributed by atoms with Crippen LogP contribution in [0.4, 0.5) is 0 Å². The molecule has 2 nitrogen and oxygen atoms in total. The van der Waals surface area contributed by atoms with Gasteiger partial charge in [-0.2, -0.15) is 0 Å². The molecule has 1 aromatic heterocycles. The molecule has 0 aliphatic heterocycles. The van der Waals surface area contributed by atoms with E-state index in [2.05, 4.69) is 11.1 Å². The Kier molecular flexibility index (Phi) is 3.14. The zero-order chi connectivity index (χ0) is 9.80. The van der Waals surface area contributed by atoms with Gasteiger partial charge in [-0.25, -0.2) is 0 Å². The molecule has 1 heterocycles. The molecular weight excluding hydrogens is 172 g/mol. The molecule has 0 aromatic carbocycles. The van der Waals surface area contributed by atoms with Crippen molar-refractivity contribution < 1.29 is 0 Å².